The number of fused-ring (bicyclic) bond motifs is 24. The normalized spacial score (nSPS) is 12.3. The molecule has 23 aromatic carbocycles. The Bertz CT molecular complexity index is 10500. The number of aromatic nitrogens is 5. The van der Waals surface area contributed by atoms with Gasteiger partial charge in [0.2, 0.25) is 0 Å². The lowest BCUT2D eigenvalue weighted by molar-refractivity contribution is 0.660. The van der Waals surface area contributed by atoms with Gasteiger partial charge < -0.3 is 32.2 Å². The predicted octanol–water partition coefficient (Wildman–Crippen LogP) is 38.9. The molecule has 30 aromatic rings. The van der Waals surface area contributed by atoms with Crippen molar-refractivity contribution in [3.05, 3.63) is 545 Å². The van der Waals surface area contributed by atoms with Crippen molar-refractivity contribution < 1.29 is 4.42 Å². The highest BCUT2D eigenvalue weighted by Gasteiger charge is 2.36. The Morgan fingerprint density at radius 2 is 0.470 bits per heavy atom. The summed E-state index contributed by atoms with van der Waals surface area (Å²) < 4.78 is 20.8. The van der Waals surface area contributed by atoms with Gasteiger partial charge in [0, 0.05) is 136 Å². The smallest absolute Gasteiger partial charge is 0.135 e. The summed E-state index contributed by atoms with van der Waals surface area (Å²) in [5.41, 5.74) is 40.6. The minimum absolute atomic E-state index is 0.0690. The summed E-state index contributed by atoms with van der Waals surface area (Å²) >= 11 is 1.86. The van der Waals surface area contributed by atoms with Crippen LogP contribution in [0, 0.1) is 0 Å². The molecule has 31 rings (SSSR count). The summed E-state index contributed by atoms with van der Waals surface area (Å²) in [5.74, 6) is 0. The van der Waals surface area contributed by atoms with Crippen LogP contribution in [-0.2, 0) is 5.41 Å². The van der Waals surface area contributed by atoms with E-state index in [0.29, 0.717) is 0 Å². The summed E-state index contributed by atoms with van der Waals surface area (Å²) in [4.78, 5) is 2.38. The van der Waals surface area contributed by atoms with E-state index in [4.69, 9.17) is 4.42 Å². The number of furan rings is 1. The van der Waals surface area contributed by atoms with Crippen molar-refractivity contribution in [2.45, 2.75) is 19.3 Å². The van der Waals surface area contributed by atoms with Gasteiger partial charge in [0.1, 0.15) is 11.2 Å². The van der Waals surface area contributed by atoms with E-state index >= 15 is 0 Å². The van der Waals surface area contributed by atoms with Crippen LogP contribution in [0.4, 0.5) is 17.1 Å². The van der Waals surface area contributed by atoms with Crippen molar-refractivity contribution in [3.63, 3.8) is 0 Å². The number of nitrogens with zero attached hydrogens (tertiary/aromatic N) is 6. The number of thiophene rings is 1. The number of hydrogen-bond acceptors (Lipinski definition) is 3. The first-order chi connectivity index (χ1) is 73.6. The van der Waals surface area contributed by atoms with Crippen LogP contribution in [-0.4, -0.2) is 22.8 Å². The summed E-state index contributed by atoms with van der Waals surface area (Å²) in [6, 6.07) is 194. The minimum atomic E-state index is -0.0690. The second kappa shape index (κ2) is 35.1. The molecule has 0 radical (unpaired) electrons. The third-order valence-corrected chi connectivity index (χ3v) is 32.2. The van der Waals surface area contributed by atoms with Gasteiger partial charge in [0.25, 0.3) is 0 Å². The maximum absolute atomic E-state index is 6.14. The van der Waals surface area contributed by atoms with Gasteiger partial charge in [-0.15, -0.1) is 11.3 Å². The van der Waals surface area contributed by atoms with Gasteiger partial charge >= 0.3 is 0 Å². The fourth-order valence-electron chi connectivity index (χ4n) is 24.0. The van der Waals surface area contributed by atoms with Crippen LogP contribution in [0.5, 0.6) is 0 Å². The van der Waals surface area contributed by atoms with Crippen molar-refractivity contribution in [2.75, 3.05) is 4.90 Å². The van der Waals surface area contributed by atoms with Crippen LogP contribution in [0.25, 0.3) is 246 Å². The molecular weight excluding hydrogens is 1830 g/mol. The third-order valence-electron chi connectivity index (χ3n) is 31.0. The zero-order chi connectivity index (χ0) is 98.5. The Balaban J connectivity index is 0.000000105. The summed E-state index contributed by atoms with van der Waals surface area (Å²) in [7, 11) is 0. The molecule has 0 saturated carbocycles. The van der Waals surface area contributed by atoms with Crippen LogP contribution in [0.15, 0.2) is 538 Å². The van der Waals surface area contributed by atoms with Crippen molar-refractivity contribution in [2.24, 2.45) is 0 Å². The SMILES string of the molecule is CC1(C)c2ccccc2-c2ccc(-n3c4ccccc4c4cc(N(c5ccc(-c6ccccc6)cc5)c5ccc(-c6ccccc6)cc5)ccc43)cc21.c1ccc(-n2c3ccccc3c3cc(-c4ccc5c(c4)c4ccccc4n5-c4ccc(-c5ccc6sc7ccccc7c6c5)cc4)ccc32)cc1.c1ccc(-n2c3ccccc3c3cc(-c4ccc5c(c4)c4ccccc4n5-c4ccc5oc6ccccc6c5c4)ccc32)cc1. The van der Waals surface area contributed by atoms with Gasteiger partial charge in [-0.05, 0) is 290 Å². The topological polar surface area (TPSA) is 41.0 Å². The fraction of sp³-hybridized carbons (Fsp3) is 0.0213. The van der Waals surface area contributed by atoms with Crippen molar-refractivity contribution in [1.82, 2.24) is 22.8 Å². The first kappa shape index (κ1) is 86.5. The molecule has 0 N–H and O–H groups in total. The molecule has 149 heavy (non-hydrogen) atoms. The monoisotopic (exact) mass is 1920 g/mol. The quantitative estimate of drug-likeness (QED) is 0.115. The average molecular weight is 1920 g/mol. The maximum Gasteiger partial charge on any atom is 0.135 e. The molecule has 0 fully saturated rings. The van der Waals surface area contributed by atoms with Gasteiger partial charge in [-0.3, -0.25) is 0 Å². The molecule has 0 unspecified atom stereocenters. The van der Waals surface area contributed by atoms with E-state index in [1.807, 2.05) is 23.5 Å². The van der Waals surface area contributed by atoms with Crippen LogP contribution < -0.4 is 4.90 Å². The Labute approximate surface area is 864 Å². The van der Waals surface area contributed by atoms with Crippen LogP contribution in [0.1, 0.15) is 25.0 Å². The van der Waals surface area contributed by atoms with E-state index in [9.17, 15) is 0 Å². The van der Waals surface area contributed by atoms with E-state index in [2.05, 4.69) is 563 Å². The van der Waals surface area contributed by atoms with Crippen LogP contribution >= 0.6 is 11.3 Å². The van der Waals surface area contributed by atoms with E-state index in [1.165, 1.54) is 224 Å². The number of anilines is 3. The Morgan fingerprint density at radius 3 is 0.953 bits per heavy atom. The number of hydrogen-bond donors (Lipinski definition) is 0. The van der Waals surface area contributed by atoms with Gasteiger partial charge in [0.15, 0.2) is 0 Å². The Morgan fingerprint density at radius 1 is 0.174 bits per heavy atom. The Hall–Kier alpha value is -19.1. The standard InChI is InChI=1S/C51H38N2.C48H30N2S.C42H26N2O/c1-51(2)47-19-11-9-17-43(47)44-31-29-42(34-48(44)51)53-49-20-12-10-18-45(49)46-33-41(30-32-50(46)53)52(39-25-21-37(22-26-39)35-13-5-3-6-14-35)40-27-23-38(24-28-40)36-15-7-4-8-16-36;1-2-10-35(11-3-1)49-43-15-7-4-12-37(43)40-28-33(20-25-45(40)49)34-21-26-46-41(29-34)38-13-5-8-16-44(38)50(46)36-23-18-31(19-24-36)32-22-27-48-42(30-32)39-14-6-9-17-47(39)51-48;1-2-10-29(11-3-1)43-37-15-7-4-12-31(37)34-24-27(18-21-39(34)43)28-19-22-40-35(25-28)32-13-5-8-16-38(32)44(40)30-20-23-42-36(26-30)33-14-6-9-17-41(33)45-42/h3-34H,1-2H3;1-30H;1-26H. The minimum Gasteiger partial charge on any atom is -0.456 e. The second-order valence-electron chi connectivity index (χ2n) is 39.8. The molecule has 0 amide bonds. The molecule has 8 heteroatoms. The lowest BCUT2D eigenvalue weighted by atomic mass is 9.82. The van der Waals surface area contributed by atoms with Crippen molar-refractivity contribution in [3.8, 4) is 95.2 Å². The largest absolute Gasteiger partial charge is 0.456 e. The van der Waals surface area contributed by atoms with E-state index < -0.39 is 0 Å². The number of rotatable bonds is 13. The van der Waals surface area contributed by atoms with E-state index in [1.54, 1.807) is 0 Å². The zero-order valence-electron chi connectivity index (χ0n) is 81.8. The van der Waals surface area contributed by atoms with Gasteiger partial charge in [-0.25, -0.2) is 0 Å². The van der Waals surface area contributed by atoms with E-state index in [-0.39, 0.29) is 5.41 Å². The zero-order valence-corrected chi connectivity index (χ0v) is 82.6. The molecule has 0 aliphatic heterocycles. The van der Waals surface area contributed by atoms with Crippen molar-refractivity contribution in [1.29, 1.82) is 0 Å². The molecule has 0 spiro atoms. The lowest BCUT2D eigenvalue weighted by Gasteiger charge is -2.26. The van der Waals surface area contributed by atoms with Gasteiger partial charge in [-0.2, -0.15) is 0 Å². The molecule has 1 aliphatic carbocycles. The summed E-state index contributed by atoms with van der Waals surface area (Å²) in [5, 5.41) is 17.5. The molecule has 0 atom stereocenters. The molecule has 700 valence electrons. The highest BCUT2D eigenvalue weighted by molar-refractivity contribution is 7.25. The molecule has 7 nitrogen and oxygen atoms in total. The molecule has 1 aliphatic rings. The predicted molar refractivity (Wildman–Crippen MR) is 631 cm³/mol. The number of para-hydroxylation sites is 8. The number of benzene rings is 23. The highest BCUT2D eigenvalue weighted by atomic mass is 32.1. The van der Waals surface area contributed by atoms with Crippen molar-refractivity contribution >= 4 is 180 Å². The molecule has 0 bridgehead atoms. The summed E-state index contributed by atoms with van der Waals surface area (Å²) in [6.07, 6.45) is 0. The second-order valence-corrected chi connectivity index (χ2v) is 40.8. The third kappa shape index (κ3) is 14.5. The highest BCUT2D eigenvalue weighted by Crippen LogP contribution is 2.52. The van der Waals surface area contributed by atoms with Crippen LogP contribution in [0.3, 0.4) is 0 Å². The fourth-order valence-corrected chi connectivity index (χ4v) is 25.0. The van der Waals surface area contributed by atoms with Gasteiger partial charge in [-0.1, -0.05) is 335 Å². The first-order valence-corrected chi connectivity index (χ1v) is 52.0. The van der Waals surface area contributed by atoms with E-state index in [0.717, 1.165) is 50.4 Å². The van der Waals surface area contributed by atoms with Crippen LogP contribution in [0.2, 0.25) is 0 Å². The molecule has 7 aromatic heterocycles. The molecule has 7 heterocycles. The lowest BCUT2D eigenvalue weighted by Crippen LogP contribution is -2.15. The average Bonchev–Trinajstić information content (AvgIpc) is 1.53. The molecule has 0 saturated heterocycles. The summed E-state index contributed by atoms with van der Waals surface area (Å²) in [6.45, 7) is 4.71. The molecular formula is C141H94N6OS. The first-order valence-electron chi connectivity index (χ1n) is 51.2. The van der Waals surface area contributed by atoms with Gasteiger partial charge in [0.05, 0.1) is 55.2 Å². The maximum atomic E-state index is 6.14. The Kier molecular flexibility index (Phi) is 20.4.